The average Bonchev–Trinajstić information content (AvgIpc) is 2.30. The van der Waals surface area contributed by atoms with E-state index in [0.717, 1.165) is 5.56 Å². The van der Waals surface area contributed by atoms with E-state index in [4.69, 9.17) is 10.4 Å². The Morgan fingerprint density at radius 2 is 2.06 bits per heavy atom. The molecule has 0 heterocycles. The maximum atomic E-state index is 11.3. The Labute approximate surface area is 94.6 Å². The highest BCUT2D eigenvalue weighted by atomic mass is 16.2. The topological polar surface area (TPSA) is 61.1 Å². The second-order valence-electron chi connectivity index (χ2n) is 3.29. The molecule has 0 amide bonds. The van der Waals surface area contributed by atoms with Crippen LogP contribution in [0.1, 0.15) is 28.8 Å². The molecule has 0 aliphatic carbocycles. The van der Waals surface area contributed by atoms with Crippen LogP contribution in [0.5, 0.6) is 0 Å². The predicted molar refractivity (Wildman–Crippen MR) is 61.7 cm³/mol. The van der Waals surface area contributed by atoms with Crippen LogP contribution in [0.25, 0.3) is 6.08 Å². The predicted octanol–water partition coefficient (Wildman–Crippen LogP) is 2.18. The number of carbonyl (C=O) groups excluding carboxylic acids is 1. The lowest BCUT2D eigenvalue weighted by Crippen LogP contribution is -1.96. The van der Waals surface area contributed by atoms with Gasteiger partial charge in [-0.2, -0.15) is 5.26 Å². The molecule has 0 unspecified atom stereocenters. The van der Waals surface area contributed by atoms with Crippen LogP contribution in [-0.4, -0.2) is 17.5 Å². The Morgan fingerprint density at radius 1 is 1.38 bits per heavy atom. The molecule has 0 saturated heterocycles. The highest BCUT2D eigenvalue weighted by molar-refractivity contribution is 5.97. The van der Waals surface area contributed by atoms with Crippen molar-refractivity contribution < 1.29 is 9.90 Å². The Hall–Kier alpha value is -1.92. The largest absolute Gasteiger partial charge is 0.396 e. The van der Waals surface area contributed by atoms with E-state index < -0.39 is 0 Å². The molecule has 1 aromatic carbocycles. The van der Waals surface area contributed by atoms with Crippen molar-refractivity contribution in [1.82, 2.24) is 0 Å². The summed E-state index contributed by atoms with van der Waals surface area (Å²) in [5.41, 5.74) is 1.53. The smallest absolute Gasteiger partial charge is 0.176 e. The summed E-state index contributed by atoms with van der Waals surface area (Å²) in [6.45, 7) is 0.134. The van der Waals surface area contributed by atoms with Crippen molar-refractivity contribution >= 4 is 11.9 Å². The summed E-state index contributed by atoms with van der Waals surface area (Å²) in [6.07, 6.45) is 4.29. The first-order chi connectivity index (χ1) is 7.77. The lowest BCUT2D eigenvalue weighted by molar-refractivity contribution is 0.0997. The fourth-order valence-corrected chi connectivity index (χ4v) is 1.25. The van der Waals surface area contributed by atoms with E-state index in [9.17, 15) is 4.79 Å². The second-order valence-corrected chi connectivity index (χ2v) is 3.29. The fraction of sp³-hybridized carbons (Fsp3) is 0.231. The highest BCUT2D eigenvalue weighted by Gasteiger charge is 2.03. The summed E-state index contributed by atoms with van der Waals surface area (Å²) < 4.78 is 0. The summed E-state index contributed by atoms with van der Waals surface area (Å²) in [5, 5.41) is 17.0. The standard InChI is InChI=1S/C13H13NO2/c14-9-8-13(16)12-6-4-11(5-7-12)3-1-2-10-15/h1,3-7,15H,2,8,10H2. The normalized spacial score (nSPS) is 10.2. The summed E-state index contributed by atoms with van der Waals surface area (Å²) >= 11 is 0. The van der Waals surface area contributed by atoms with Crippen molar-refractivity contribution in [3.05, 3.63) is 41.5 Å². The van der Waals surface area contributed by atoms with Crippen LogP contribution < -0.4 is 0 Å². The number of carbonyl (C=O) groups is 1. The quantitative estimate of drug-likeness (QED) is 0.766. The lowest BCUT2D eigenvalue weighted by atomic mass is 10.1. The minimum absolute atomic E-state index is 0.0836. The fourth-order valence-electron chi connectivity index (χ4n) is 1.25. The Morgan fingerprint density at radius 3 is 2.62 bits per heavy atom. The average molecular weight is 215 g/mol. The summed E-state index contributed by atoms with van der Waals surface area (Å²) in [6, 6.07) is 8.88. The third-order valence-corrected chi connectivity index (χ3v) is 2.08. The first-order valence-electron chi connectivity index (χ1n) is 5.05. The van der Waals surface area contributed by atoms with Crippen molar-refractivity contribution in [2.24, 2.45) is 0 Å². The van der Waals surface area contributed by atoms with E-state index in [0.29, 0.717) is 12.0 Å². The molecule has 0 atom stereocenters. The molecular weight excluding hydrogens is 202 g/mol. The third kappa shape index (κ3) is 3.68. The third-order valence-electron chi connectivity index (χ3n) is 2.08. The first-order valence-corrected chi connectivity index (χ1v) is 5.05. The Kier molecular flexibility index (Phi) is 4.97. The van der Waals surface area contributed by atoms with E-state index in [2.05, 4.69) is 0 Å². The number of nitriles is 1. The molecule has 0 aliphatic heterocycles. The van der Waals surface area contributed by atoms with Gasteiger partial charge in [0.05, 0.1) is 12.5 Å². The van der Waals surface area contributed by atoms with Crippen LogP contribution in [0.15, 0.2) is 30.3 Å². The van der Waals surface area contributed by atoms with Crippen LogP contribution in [0.4, 0.5) is 0 Å². The van der Waals surface area contributed by atoms with Crippen LogP contribution in [0.2, 0.25) is 0 Å². The van der Waals surface area contributed by atoms with Gasteiger partial charge in [0.15, 0.2) is 5.78 Å². The van der Waals surface area contributed by atoms with Crippen LogP contribution in [0, 0.1) is 11.3 Å². The van der Waals surface area contributed by atoms with Gasteiger partial charge in [0.2, 0.25) is 0 Å². The molecule has 0 bridgehead atoms. The monoisotopic (exact) mass is 215 g/mol. The van der Waals surface area contributed by atoms with E-state index in [1.165, 1.54) is 0 Å². The number of ketones is 1. The van der Waals surface area contributed by atoms with Gasteiger partial charge in [-0.25, -0.2) is 0 Å². The molecule has 1 aromatic rings. The molecule has 3 nitrogen and oxygen atoms in total. The number of nitrogens with zero attached hydrogens (tertiary/aromatic N) is 1. The van der Waals surface area contributed by atoms with E-state index in [-0.39, 0.29) is 18.8 Å². The number of hydrogen-bond donors (Lipinski definition) is 1. The molecule has 82 valence electrons. The van der Waals surface area contributed by atoms with Gasteiger partial charge in [-0.15, -0.1) is 0 Å². The SMILES string of the molecule is N#CCC(=O)c1ccc(C=CCCO)cc1. The van der Waals surface area contributed by atoms with Crippen molar-refractivity contribution in [2.75, 3.05) is 6.61 Å². The molecule has 16 heavy (non-hydrogen) atoms. The Bertz CT molecular complexity index is 413. The summed E-state index contributed by atoms with van der Waals surface area (Å²) in [4.78, 5) is 11.3. The van der Waals surface area contributed by atoms with Gasteiger partial charge in [0.1, 0.15) is 0 Å². The lowest BCUT2D eigenvalue weighted by Gasteiger charge is -1.97. The zero-order chi connectivity index (χ0) is 11.8. The van der Waals surface area contributed by atoms with Gasteiger partial charge in [-0.3, -0.25) is 4.79 Å². The molecule has 0 fully saturated rings. The van der Waals surface area contributed by atoms with Crippen molar-refractivity contribution in [1.29, 1.82) is 5.26 Å². The molecule has 3 heteroatoms. The van der Waals surface area contributed by atoms with Crippen LogP contribution >= 0.6 is 0 Å². The van der Waals surface area contributed by atoms with Gasteiger partial charge in [-0.1, -0.05) is 36.4 Å². The summed E-state index contributed by atoms with van der Waals surface area (Å²) in [5.74, 6) is -0.159. The number of aliphatic hydroxyl groups excluding tert-OH is 1. The summed E-state index contributed by atoms with van der Waals surface area (Å²) in [7, 11) is 0. The zero-order valence-electron chi connectivity index (χ0n) is 8.89. The molecule has 0 aliphatic rings. The van der Waals surface area contributed by atoms with Gasteiger partial charge >= 0.3 is 0 Å². The molecular formula is C13H13NO2. The van der Waals surface area contributed by atoms with Crippen LogP contribution in [-0.2, 0) is 0 Å². The number of aliphatic hydroxyl groups is 1. The second kappa shape index (κ2) is 6.54. The van der Waals surface area contributed by atoms with E-state index >= 15 is 0 Å². The highest BCUT2D eigenvalue weighted by Crippen LogP contribution is 2.08. The number of benzene rings is 1. The minimum atomic E-state index is -0.159. The Balaban J connectivity index is 2.68. The maximum Gasteiger partial charge on any atom is 0.176 e. The number of rotatable bonds is 5. The molecule has 0 aromatic heterocycles. The van der Waals surface area contributed by atoms with Gasteiger partial charge in [0.25, 0.3) is 0 Å². The zero-order valence-corrected chi connectivity index (χ0v) is 8.89. The van der Waals surface area contributed by atoms with E-state index in [1.54, 1.807) is 12.1 Å². The molecule has 1 rings (SSSR count). The minimum Gasteiger partial charge on any atom is -0.396 e. The molecule has 1 N–H and O–H groups in total. The molecule has 0 spiro atoms. The maximum absolute atomic E-state index is 11.3. The first kappa shape index (κ1) is 12.2. The van der Waals surface area contributed by atoms with E-state index in [1.807, 2.05) is 30.4 Å². The van der Waals surface area contributed by atoms with Crippen molar-refractivity contribution in [3.63, 3.8) is 0 Å². The van der Waals surface area contributed by atoms with Gasteiger partial charge in [-0.05, 0) is 12.0 Å². The van der Waals surface area contributed by atoms with Crippen molar-refractivity contribution in [2.45, 2.75) is 12.8 Å². The number of Topliss-reactive ketones (excluding diaryl/α,β-unsaturated/α-hetero) is 1. The van der Waals surface area contributed by atoms with Crippen molar-refractivity contribution in [3.8, 4) is 6.07 Å². The molecule has 0 saturated carbocycles. The van der Waals surface area contributed by atoms with Crippen LogP contribution in [0.3, 0.4) is 0 Å². The number of hydrogen-bond acceptors (Lipinski definition) is 3. The van der Waals surface area contributed by atoms with Gasteiger partial charge < -0.3 is 5.11 Å². The molecule has 0 radical (unpaired) electrons. The van der Waals surface area contributed by atoms with Gasteiger partial charge in [0, 0.05) is 12.2 Å².